The summed E-state index contributed by atoms with van der Waals surface area (Å²) >= 11 is 3.24. The van der Waals surface area contributed by atoms with Gasteiger partial charge in [0.25, 0.3) is 11.7 Å². The number of Topliss-reactive ketones (excluding diaryl/α,β-unsaturated/α-hetero) is 1. The van der Waals surface area contributed by atoms with Gasteiger partial charge in [-0.25, -0.2) is 9.59 Å². The lowest BCUT2D eigenvalue weighted by molar-refractivity contribution is -0.149. The van der Waals surface area contributed by atoms with E-state index in [4.69, 9.17) is 29.4 Å². The second-order valence-corrected chi connectivity index (χ2v) is 31.6. The van der Waals surface area contributed by atoms with Crippen LogP contribution in [-0.4, -0.2) is 84.4 Å². The number of amides is 1. The van der Waals surface area contributed by atoms with Gasteiger partial charge in [-0.05, 0) is 153 Å². The summed E-state index contributed by atoms with van der Waals surface area (Å²) in [5, 5.41) is 23.6. The zero-order chi connectivity index (χ0) is 90.9. The van der Waals surface area contributed by atoms with Gasteiger partial charge >= 0.3 is 17.9 Å². The fraction of sp³-hybridized carbons (Fsp3) is 0.155. The molecular weight excluding hydrogens is 1730 g/mol. The number of H-pyrrole nitrogens is 1. The zero-order valence-corrected chi connectivity index (χ0v) is 75.8. The SMILES string of the molecule is C.COC(=O)C(Br)c1ccccc1.COC(=O)C(Oc1cccc2c1c(C(=O)C(N)=O)c(C)n2Cc1ccccc1)c1ccccc1.COC(=O)C(Oc1cccc2c1cc(C)n2Cc1ccccc1)c1ccccc1.Cc1cc2c(O)cccc2[nH]1.Cc1cc2c(O)cccc2n1Cc1ccccc1.Cc1cc2c(OCc3ccccc3)cccc2n1Cc1ccccc1.Cl. The first kappa shape index (κ1) is 96.5. The number of hydrogen-bond acceptors (Lipinski definition) is 13. The first-order chi connectivity index (χ1) is 62.7. The first-order valence-corrected chi connectivity index (χ1v) is 43.0. The van der Waals surface area contributed by atoms with Crippen LogP contribution in [0.1, 0.15) is 108 Å². The number of aryl methyl sites for hydroxylation is 4. The van der Waals surface area contributed by atoms with Crippen molar-refractivity contribution in [3.05, 3.63) is 436 Å². The molecule has 21 heteroatoms. The molecule has 0 aliphatic carbocycles. The number of phenolic OH excluding ortho intramolecular Hbond substituents is 2. The van der Waals surface area contributed by atoms with Gasteiger partial charge < -0.3 is 67.6 Å². The molecule has 0 saturated heterocycles. The van der Waals surface area contributed by atoms with E-state index in [0.717, 1.165) is 91.9 Å². The summed E-state index contributed by atoms with van der Waals surface area (Å²) in [5.74, 6) is -0.608. The minimum Gasteiger partial charge on any atom is -0.507 e. The van der Waals surface area contributed by atoms with E-state index in [1.807, 2.05) is 218 Å². The highest BCUT2D eigenvalue weighted by Gasteiger charge is 2.31. The van der Waals surface area contributed by atoms with Gasteiger partial charge in [-0.3, -0.25) is 14.4 Å². The van der Waals surface area contributed by atoms with Crippen molar-refractivity contribution in [2.45, 2.75) is 91.9 Å². The van der Waals surface area contributed by atoms with E-state index in [2.05, 4.69) is 163 Å². The molecule has 0 fully saturated rings. The Morgan fingerprint density at radius 1 is 0.366 bits per heavy atom. The number of methoxy groups -OCH3 is 3. The van der Waals surface area contributed by atoms with E-state index in [-0.39, 0.29) is 41.9 Å². The van der Waals surface area contributed by atoms with Crippen LogP contribution in [0.4, 0.5) is 0 Å². The van der Waals surface area contributed by atoms with Gasteiger partial charge in [-0.2, -0.15) is 0 Å². The third kappa shape index (κ3) is 24.2. The van der Waals surface area contributed by atoms with Crippen molar-refractivity contribution < 1.29 is 62.6 Å². The van der Waals surface area contributed by atoms with Crippen LogP contribution in [-0.2, 0) is 66.2 Å². The number of ether oxygens (including phenoxy) is 6. The van der Waals surface area contributed by atoms with E-state index in [0.29, 0.717) is 52.6 Å². The second-order valence-electron chi connectivity index (χ2n) is 30.7. The summed E-state index contributed by atoms with van der Waals surface area (Å²) in [6.45, 7) is 13.6. The van der Waals surface area contributed by atoms with E-state index in [1.54, 1.807) is 55.5 Å². The average molecular weight is 1840 g/mol. The van der Waals surface area contributed by atoms with Crippen molar-refractivity contribution in [2.75, 3.05) is 21.3 Å². The van der Waals surface area contributed by atoms with Crippen molar-refractivity contribution in [2.24, 2.45) is 5.73 Å². The smallest absolute Gasteiger partial charge is 0.351 e. The topological polar surface area (TPSA) is 243 Å². The maximum absolute atomic E-state index is 12.9. The van der Waals surface area contributed by atoms with Gasteiger partial charge in [-0.15, -0.1) is 12.4 Å². The fourth-order valence-corrected chi connectivity index (χ4v) is 15.9. The van der Waals surface area contributed by atoms with Gasteiger partial charge in [0, 0.05) is 92.8 Å². The number of aromatic amines is 1. The Balaban J connectivity index is 0.000000157. The number of aromatic hydroxyl groups is 2. The Morgan fingerprint density at radius 2 is 0.702 bits per heavy atom. The minimum atomic E-state index is -1.07. The molecule has 668 valence electrons. The molecule has 131 heavy (non-hydrogen) atoms. The molecule has 0 aliphatic rings. The molecule has 0 bridgehead atoms. The molecule has 13 aromatic carbocycles. The lowest BCUT2D eigenvalue weighted by Gasteiger charge is -2.18. The highest BCUT2D eigenvalue weighted by atomic mass is 79.9. The van der Waals surface area contributed by atoms with Gasteiger partial charge in [0.1, 0.15) is 40.2 Å². The maximum atomic E-state index is 12.9. The minimum absolute atomic E-state index is 0. The van der Waals surface area contributed by atoms with Crippen LogP contribution in [0.25, 0.3) is 54.5 Å². The van der Waals surface area contributed by atoms with Crippen LogP contribution in [0.2, 0.25) is 0 Å². The molecule has 5 heterocycles. The van der Waals surface area contributed by atoms with Gasteiger partial charge in [0.05, 0.1) is 54.3 Å². The normalized spacial score (nSPS) is 11.3. The highest BCUT2D eigenvalue weighted by molar-refractivity contribution is 9.09. The van der Waals surface area contributed by atoms with Crippen molar-refractivity contribution >= 4 is 112 Å². The molecule has 5 N–H and O–H groups in total. The molecule has 18 aromatic rings. The highest BCUT2D eigenvalue weighted by Crippen LogP contribution is 2.40. The Kier molecular flexibility index (Phi) is 34.3. The number of hydrogen-bond donors (Lipinski definition) is 4. The first-order valence-electron chi connectivity index (χ1n) is 42.1. The van der Waals surface area contributed by atoms with Gasteiger partial charge in [0.2, 0.25) is 12.2 Å². The number of aromatic nitrogens is 5. The molecule has 19 nitrogen and oxygen atoms in total. The number of benzene rings is 13. The molecule has 3 atom stereocenters. The van der Waals surface area contributed by atoms with Crippen LogP contribution in [0.15, 0.2) is 358 Å². The lowest BCUT2D eigenvalue weighted by Crippen LogP contribution is -2.24. The molecule has 1 amide bonds. The number of halogens is 2. The number of alkyl halides is 1. The number of ketones is 1. The summed E-state index contributed by atoms with van der Waals surface area (Å²) in [6.07, 6.45) is -1.88. The number of nitrogens with one attached hydrogen (secondary N) is 1. The van der Waals surface area contributed by atoms with Crippen LogP contribution in [0, 0.1) is 34.6 Å². The van der Waals surface area contributed by atoms with Crippen LogP contribution < -0.4 is 19.9 Å². The summed E-state index contributed by atoms with van der Waals surface area (Å²) in [5.41, 5.74) is 24.0. The molecule has 0 spiro atoms. The second kappa shape index (κ2) is 46.6. The van der Waals surface area contributed by atoms with E-state index in [9.17, 15) is 34.2 Å². The van der Waals surface area contributed by atoms with Crippen molar-refractivity contribution in [3.63, 3.8) is 0 Å². The van der Waals surface area contributed by atoms with E-state index < -0.39 is 35.8 Å². The number of esters is 3. The van der Waals surface area contributed by atoms with Crippen LogP contribution in [0.5, 0.6) is 28.7 Å². The molecule has 3 unspecified atom stereocenters. The predicted octanol–water partition coefficient (Wildman–Crippen LogP) is 24.1. The number of rotatable bonds is 23. The molecule has 5 aromatic heterocycles. The van der Waals surface area contributed by atoms with Crippen LogP contribution in [0.3, 0.4) is 0 Å². The number of phenols is 2. The van der Waals surface area contributed by atoms with E-state index >= 15 is 0 Å². The number of nitrogens with two attached hydrogens (primary N) is 1. The lowest BCUT2D eigenvalue weighted by atomic mass is 10.0. The summed E-state index contributed by atoms with van der Waals surface area (Å²) in [4.78, 5) is 63.7. The Morgan fingerprint density at radius 3 is 1.12 bits per heavy atom. The van der Waals surface area contributed by atoms with Gasteiger partial charge in [-0.1, -0.05) is 296 Å². The van der Waals surface area contributed by atoms with E-state index in [1.165, 1.54) is 60.2 Å². The Hall–Kier alpha value is -15.1. The zero-order valence-electron chi connectivity index (χ0n) is 73.4. The fourth-order valence-electron chi connectivity index (χ4n) is 15.4. The third-order valence-electron chi connectivity index (χ3n) is 21.9. The number of carbonyl (C=O) groups excluding carboxylic acids is 5. The number of primary amides is 1. The number of fused-ring (bicyclic) bond motifs is 5. The monoisotopic (exact) mass is 1830 g/mol. The third-order valence-corrected chi connectivity index (χ3v) is 22.8. The van der Waals surface area contributed by atoms with Gasteiger partial charge in [0.15, 0.2) is 0 Å². The van der Waals surface area contributed by atoms with Crippen molar-refractivity contribution in [3.8, 4) is 28.7 Å². The standard InChI is InChI=1S/C27H24N2O5.C25H23NO3.C23H21NO.C16H15NO.C9H9BrO2.C9H9NO.CH4.ClH/c1-17-22(24(30)26(28)31)23-20(29(17)16-18-10-5-3-6-11-18)14-9-15-21(23)34-25(27(32)33-2)19-12-7-4-8-13-19;1-18-16-21-22(26(18)17-19-10-5-3-6-11-19)14-9-15-23(21)29-24(25(27)28-2)20-12-7-4-8-13-20;1-18-15-21-22(24(18)16-19-9-4-2-5-10-19)13-8-14-23(21)25-17-20-11-6-3-7-12-20;1-12-10-14-15(8-5-9-16(14)18)17(12)11-13-6-3-2-4-7-13;1-12-9(11)8(10)7-5-3-2-4-6-7;1-6-5-7-8(10-6)3-2-4-9(7)11;;/h3-15,25H,16H2,1-2H3,(H2,28,31);3-16,24H,17H2,1-2H3;2-15H,16-17H2,1H3;2-10,18H,11H2,1H3;2-6,8H,1H3;2-5,10-11H,1H3;1H4;1H. The summed E-state index contributed by atoms with van der Waals surface area (Å²) in [7, 11) is 4.03. The molecule has 0 saturated carbocycles. The van der Waals surface area contributed by atoms with Crippen molar-refractivity contribution in [1.82, 2.24) is 23.3 Å². The number of carbonyl (C=O) groups is 5. The quantitative estimate of drug-likeness (QED) is 0.0153. The van der Waals surface area contributed by atoms with Crippen LogP contribution >= 0.6 is 28.3 Å². The molecule has 18 rings (SSSR count). The Bertz CT molecular complexity index is 6810. The molecule has 0 aliphatic heterocycles. The number of nitrogens with zero attached hydrogens (tertiary/aromatic N) is 4. The predicted molar refractivity (Wildman–Crippen MR) is 527 cm³/mol. The average Bonchev–Trinajstić information content (AvgIpc) is 1.59. The van der Waals surface area contributed by atoms with Crippen molar-refractivity contribution in [1.29, 1.82) is 0 Å². The molecule has 0 radical (unpaired) electrons. The summed E-state index contributed by atoms with van der Waals surface area (Å²) < 4.78 is 41.8. The summed E-state index contributed by atoms with van der Waals surface area (Å²) in [6, 6.07) is 116. The maximum Gasteiger partial charge on any atom is 0.351 e. The molecular formula is C110H106BrClN6O13. The Labute approximate surface area is 777 Å². The largest absolute Gasteiger partial charge is 0.507 e.